The molecule has 1 aliphatic rings. The van der Waals surface area contributed by atoms with E-state index in [1.54, 1.807) is 11.8 Å². The van der Waals surface area contributed by atoms with Gasteiger partial charge >= 0.3 is 0 Å². The van der Waals surface area contributed by atoms with E-state index < -0.39 is 0 Å². The Balaban J connectivity index is 1.81. The highest BCUT2D eigenvalue weighted by atomic mass is 32.2. The van der Waals surface area contributed by atoms with Crippen LogP contribution < -0.4 is 9.47 Å². The van der Waals surface area contributed by atoms with Gasteiger partial charge in [0.05, 0.1) is 0 Å². The van der Waals surface area contributed by atoms with Gasteiger partial charge < -0.3 is 14.0 Å². The van der Waals surface area contributed by atoms with Crippen LogP contribution in [-0.4, -0.2) is 27.1 Å². The van der Waals surface area contributed by atoms with Crippen molar-refractivity contribution in [1.29, 1.82) is 0 Å². The molecule has 0 saturated heterocycles. The molecule has 1 aromatic heterocycles. The second-order valence-corrected chi connectivity index (χ2v) is 5.35. The number of fused-ring (bicyclic) bond motifs is 1. The average molecular weight is 289 g/mol. The van der Waals surface area contributed by atoms with Crippen molar-refractivity contribution in [2.75, 3.05) is 12.4 Å². The molecule has 0 amide bonds. The predicted octanol–water partition coefficient (Wildman–Crippen LogP) is 2.61. The molecule has 5 nitrogen and oxygen atoms in total. The van der Waals surface area contributed by atoms with Gasteiger partial charge in [0.15, 0.2) is 28.6 Å². The Hall–Kier alpha value is -1.95. The van der Waals surface area contributed by atoms with Crippen molar-refractivity contribution in [2.24, 2.45) is 7.05 Å². The summed E-state index contributed by atoms with van der Waals surface area (Å²) in [5.41, 5.74) is 0. The molecular formula is C14H15N3O2S. The first-order valence-corrected chi connectivity index (χ1v) is 7.29. The van der Waals surface area contributed by atoms with E-state index in [0.29, 0.717) is 6.61 Å². The fourth-order valence-electron chi connectivity index (χ4n) is 2.01. The molecule has 0 spiro atoms. The second-order valence-electron chi connectivity index (χ2n) is 4.36. The summed E-state index contributed by atoms with van der Waals surface area (Å²) in [4.78, 5) is 0. The lowest BCUT2D eigenvalue weighted by Gasteiger charge is -2.25. The second kappa shape index (κ2) is 5.58. The van der Waals surface area contributed by atoms with Gasteiger partial charge in [-0.25, -0.2) is 0 Å². The van der Waals surface area contributed by atoms with E-state index in [1.807, 2.05) is 42.0 Å². The Labute approximate surface area is 121 Å². The van der Waals surface area contributed by atoms with Crippen LogP contribution in [0.1, 0.15) is 11.9 Å². The summed E-state index contributed by atoms with van der Waals surface area (Å²) in [7, 11) is 1.94. The Bertz CT molecular complexity index is 627. The number of benzene rings is 1. The Kier molecular flexibility index (Phi) is 3.64. The molecule has 1 aliphatic heterocycles. The summed E-state index contributed by atoms with van der Waals surface area (Å²) < 4.78 is 13.6. The Morgan fingerprint density at radius 2 is 2.20 bits per heavy atom. The van der Waals surface area contributed by atoms with E-state index in [9.17, 15) is 0 Å². The Morgan fingerprint density at radius 1 is 1.40 bits per heavy atom. The molecule has 0 aliphatic carbocycles. The van der Waals surface area contributed by atoms with Crippen LogP contribution in [-0.2, 0) is 7.05 Å². The van der Waals surface area contributed by atoms with Crippen LogP contribution in [0.4, 0.5) is 0 Å². The first-order chi connectivity index (χ1) is 9.79. The minimum absolute atomic E-state index is 0.236. The minimum Gasteiger partial charge on any atom is -0.485 e. The summed E-state index contributed by atoms with van der Waals surface area (Å²) in [5.74, 6) is 3.09. The molecule has 0 saturated carbocycles. The first kappa shape index (κ1) is 13.1. The van der Waals surface area contributed by atoms with Crippen molar-refractivity contribution in [1.82, 2.24) is 14.8 Å². The van der Waals surface area contributed by atoms with Crippen LogP contribution in [0.3, 0.4) is 0 Å². The van der Waals surface area contributed by atoms with Crippen LogP contribution >= 0.6 is 11.8 Å². The van der Waals surface area contributed by atoms with E-state index in [-0.39, 0.29) is 6.10 Å². The van der Waals surface area contributed by atoms with Crippen LogP contribution in [0.15, 0.2) is 42.1 Å². The smallest absolute Gasteiger partial charge is 0.192 e. The van der Waals surface area contributed by atoms with E-state index in [2.05, 4.69) is 16.8 Å². The molecule has 104 valence electrons. The third-order valence-corrected chi connectivity index (χ3v) is 4.01. The van der Waals surface area contributed by atoms with Gasteiger partial charge in [0.25, 0.3) is 0 Å². The third-order valence-electron chi connectivity index (χ3n) is 3.00. The van der Waals surface area contributed by atoms with Gasteiger partial charge in [-0.05, 0) is 12.1 Å². The summed E-state index contributed by atoms with van der Waals surface area (Å²) in [6.07, 6.45) is 1.61. The zero-order valence-corrected chi connectivity index (χ0v) is 12.0. The topological polar surface area (TPSA) is 49.2 Å². The minimum atomic E-state index is -0.236. The van der Waals surface area contributed by atoms with E-state index in [4.69, 9.17) is 9.47 Å². The molecule has 2 aromatic rings. The number of para-hydroxylation sites is 2. The molecular weight excluding hydrogens is 274 g/mol. The molecule has 20 heavy (non-hydrogen) atoms. The van der Waals surface area contributed by atoms with Crippen LogP contribution in [0.5, 0.6) is 11.5 Å². The van der Waals surface area contributed by atoms with E-state index >= 15 is 0 Å². The largest absolute Gasteiger partial charge is 0.485 e. The third kappa shape index (κ3) is 2.38. The highest BCUT2D eigenvalue weighted by molar-refractivity contribution is 7.99. The summed E-state index contributed by atoms with van der Waals surface area (Å²) in [6, 6.07) is 7.64. The molecule has 0 fully saturated rings. The van der Waals surface area contributed by atoms with Crippen LogP contribution in [0, 0.1) is 0 Å². The molecule has 0 bridgehead atoms. The molecule has 0 N–H and O–H groups in total. The highest BCUT2D eigenvalue weighted by Crippen LogP contribution is 2.35. The fourth-order valence-corrected chi connectivity index (χ4v) is 2.67. The molecule has 1 unspecified atom stereocenters. The fraction of sp³-hybridized carbons (Fsp3) is 0.286. The summed E-state index contributed by atoms with van der Waals surface area (Å²) in [5, 5.41) is 9.24. The molecule has 0 radical (unpaired) electrons. The number of nitrogens with zero attached hydrogens (tertiary/aromatic N) is 3. The number of thioether (sulfide) groups is 1. The number of hydrogen-bond donors (Lipinski definition) is 0. The SMILES string of the molecule is C=CCSc1nnc(C2COc3ccccc3O2)n1C. The van der Waals surface area contributed by atoms with Gasteiger partial charge in [0.2, 0.25) is 0 Å². The predicted molar refractivity (Wildman–Crippen MR) is 77.2 cm³/mol. The molecule has 1 atom stereocenters. The Morgan fingerprint density at radius 3 is 3.00 bits per heavy atom. The summed E-state index contributed by atoms with van der Waals surface area (Å²) >= 11 is 1.59. The number of hydrogen-bond acceptors (Lipinski definition) is 5. The van der Waals surface area contributed by atoms with Crippen molar-refractivity contribution < 1.29 is 9.47 Å². The van der Waals surface area contributed by atoms with E-state index in [1.165, 1.54) is 0 Å². The van der Waals surface area contributed by atoms with Crippen molar-refractivity contribution in [2.45, 2.75) is 11.3 Å². The number of rotatable bonds is 4. The quantitative estimate of drug-likeness (QED) is 0.639. The number of aromatic nitrogens is 3. The van der Waals surface area contributed by atoms with Gasteiger partial charge in [-0.3, -0.25) is 0 Å². The monoisotopic (exact) mass is 289 g/mol. The maximum Gasteiger partial charge on any atom is 0.192 e. The lowest BCUT2D eigenvalue weighted by Crippen LogP contribution is -2.24. The van der Waals surface area contributed by atoms with Crippen LogP contribution in [0.2, 0.25) is 0 Å². The van der Waals surface area contributed by atoms with E-state index in [0.717, 1.165) is 28.2 Å². The van der Waals surface area contributed by atoms with Gasteiger partial charge in [-0.1, -0.05) is 30.0 Å². The molecule has 3 rings (SSSR count). The lowest BCUT2D eigenvalue weighted by atomic mass is 10.2. The normalized spacial score (nSPS) is 16.9. The zero-order valence-electron chi connectivity index (χ0n) is 11.2. The van der Waals surface area contributed by atoms with Gasteiger partial charge in [0, 0.05) is 12.8 Å². The first-order valence-electron chi connectivity index (χ1n) is 6.31. The standard InChI is InChI=1S/C14H15N3O2S/c1-3-8-20-14-16-15-13(17(14)2)12-9-18-10-6-4-5-7-11(10)19-12/h3-7,12H,1,8-9H2,2H3. The van der Waals surface area contributed by atoms with Crippen molar-refractivity contribution >= 4 is 11.8 Å². The van der Waals surface area contributed by atoms with Crippen molar-refractivity contribution in [3.63, 3.8) is 0 Å². The maximum absolute atomic E-state index is 5.94. The lowest BCUT2D eigenvalue weighted by molar-refractivity contribution is 0.0825. The van der Waals surface area contributed by atoms with Crippen LogP contribution in [0.25, 0.3) is 0 Å². The maximum atomic E-state index is 5.94. The highest BCUT2D eigenvalue weighted by Gasteiger charge is 2.27. The molecule has 1 aromatic carbocycles. The average Bonchev–Trinajstić information content (AvgIpc) is 2.85. The van der Waals surface area contributed by atoms with Gasteiger partial charge in [0.1, 0.15) is 6.61 Å². The van der Waals surface area contributed by atoms with Gasteiger partial charge in [-0.15, -0.1) is 16.8 Å². The summed E-state index contributed by atoms with van der Waals surface area (Å²) in [6.45, 7) is 4.14. The molecule has 6 heteroatoms. The van der Waals surface area contributed by atoms with Crippen molar-refractivity contribution in [3.8, 4) is 11.5 Å². The molecule has 2 heterocycles. The van der Waals surface area contributed by atoms with Crippen molar-refractivity contribution in [3.05, 3.63) is 42.7 Å². The number of ether oxygens (including phenoxy) is 2. The van der Waals surface area contributed by atoms with Gasteiger partial charge in [-0.2, -0.15) is 0 Å². The zero-order chi connectivity index (χ0) is 13.9.